The van der Waals surface area contributed by atoms with E-state index in [1.54, 1.807) is 7.11 Å². The summed E-state index contributed by atoms with van der Waals surface area (Å²) in [6.07, 6.45) is 0.410. The van der Waals surface area contributed by atoms with E-state index in [9.17, 15) is 4.79 Å². The third-order valence-electron chi connectivity index (χ3n) is 6.24. The Morgan fingerprint density at radius 2 is 1.70 bits per heavy atom. The van der Waals surface area contributed by atoms with Crippen LogP contribution in [0.1, 0.15) is 48.7 Å². The number of imidazole rings is 1. The molecule has 0 saturated carbocycles. The van der Waals surface area contributed by atoms with Crippen LogP contribution >= 0.6 is 12.4 Å². The first-order valence-corrected chi connectivity index (χ1v) is 12.0. The van der Waals surface area contributed by atoms with Crippen LogP contribution in [0.4, 0.5) is 0 Å². The minimum Gasteiger partial charge on any atom is -0.497 e. The standard InChI is InChI=1S/C29H32N2O5.ClH/c1-19(2)21-7-5-20(6-8-21)17-36-27-16-24(11-9-22(27)10-14-29(32)33)35-18-28-30-25-13-12-23(34-4)15-26(25)31(28)3;/h5-9,11-13,15-16,19H,10,14,17-18H2,1-4H3,(H,32,33);1H. The van der Waals surface area contributed by atoms with Gasteiger partial charge in [-0.2, -0.15) is 0 Å². The van der Waals surface area contributed by atoms with Crippen molar-refractivity contribution < 1.29 is 24.1 Å². The third kappa shape index (κ3) is 6.95. The molecule has 7 nitrogen and oxygen atoms in total. The van der Waals surface area contributed by atoms with Gasteiger partial charge in [-0.15, -0.1) is 12.4 Å². The van der Waals surface area contributed by atoms with Crippen molar-refractivity contribution in [3.8, 4) is 17.2 Å². The van der Waals surface area contributed by atoms with Crippen molar-refractivity contribution in [3.63, 3.8) is 0 Å². The Morgan fingerprint density at radius 1 is 0.973 bits per heavy atom. The van der Waals surface area contributed by atoms with Crippen molar-refractivity contribution in [2.45, 2.75) is 45.8 Å². The first kappa shape index (κ1) is 27.9. The number of aryl methyl sites for hydroxylation is 2. The summed E-state index contributed by atoms with van der Waals surface area (Å²) in [6, 6.07) is 19.6. The van der Waals surface area contributed by atoms with Gasteiger partial charge in [-0.25, -0.2) is 4.98 Å². The smallest absolute Gasteiger partial charge is 0.303 e. The molecule has 0 aliphatic heterocycles. The lowest BCUT2D eigenvalue weighted by atomic mass is 10.0. The molecule has 0 fully saturated rings. The lowest BCUT2D eigenvalue weighted by Crippen LogP contribution is -2.05. The van der Waals surface area contributed by atoms with Crippen molar-refractivity contribution >= 4 is 29.4 Å². The fourth-order valence-electron chi connectivity index (χ4n) is 3.99. The Morgan fingerprint density at radius 3 is 2.38 bits per heavy atom. The molecular formula is C29H33ClN2O5. The fourth-order valence-corrected chi connectivity index (χ4v) is 3.99. The highest BCUT2D eigenvalue weighted by molar-refractivity contribution is 5.85. The molecule has 0 atom stereocenters. The molecule has 3 aromatic carbocycles. The molecule has 4 aromatic rings. The molecule has 0 radical (unpaired) electrons. The third-order valence-corrected chi connectivity index (χ3v) is 6.24. The number of fused-ring (bicyclic) bond motifs is 1. The Bertz CT molecular complexity index is 1350. The average molecular weight is 525 g/mol. The predicted octanol–water partition coefficient (Wildman–Crippen LogP) is 6.30. The zero-order valence-corrected chi connectivity index (χ0v) is 22.4. The monoisotopic (exact) mass is 524 g/mol. The molecule has 37 heavy (non-hydrogen) atoms. The molecule has 4 rings (SSSR count). The van der Waals surface area contributed by atoms with Gasteiger partial charge in [-0.05, 0) is 47.2 Å². The molecule has 0 spiro atoms. The number of hydrogen-bond donors (Lipinski definition) is 1. The zero-order valence-electron chi connectivity index (χ0n) is 21.6. The second kappa shape index (κ2) is 12.5. The number of halogens is 1. The minimum absolute atomic E-state index is 0. The van der Waals surface area contributed by atoms with Gasteiger partial charge in [0.25, 0.3) is 0 Å². The number of carboxylic acids is 1. The highest BCUT2D eigenvalue weighted by Crippen LogP contribution is 2.28. The first-order valence-electron chi connectivity index (χ1n) is 12.0. The van der Waals surface area contributed by atoms with Crippen LogP contribution in [0.25, 0.3) is 11.0 Å². The van der Waals surface area contributed by atoms with Gasteiger partial charge in [0.15, 0.2) is 0 Å². The molecular weight excluding hydrogens is 492 g/mol. The molecule has 8 heteroatoms. The largest absolute Gasteiger partial charge is 0.497 e. The molecule has 0 aliphatic rings. The quantitative estimate of drug-likeness (QED) is 0.248. The zero-order chi connectivity index (χ0) is 25.7. The number of methoxy groups -OCH3 is 1. The van der Waals surface area contributed by atoms with Crippen LogP contribution < -0.4 is 14.2 Å². The number of aliphatic carboxylic acids is 1. The molecule has 0 saturated heterocycles. The topological polar surface area (TPSA) is 82.8 Å². The SMILES string of the molecule is COc1ccc2nc(COc3ccc(CCC(=O)O)c(OCc4ccc(C(C)C)cc4)c3)n(C)c2c1.Cl. The second-order valence-electron chi connectivity index (χ2n) is 9.08. The van der Waals surface area contributed by atoms with Crippen molar-refractivity contribution in [3.05, 3.63) is 83.2 Å². The van der Waals surface area contributed by atoms with E-state index in [0.717, 1.165) is 33.7 Å². The van der Waals surface area contributed by atoms with E-state index in [2.05, 4.69) is 43.1 Å². The molecule has 0 aliphatic carbocycles. The number of rotatable bonds is 11. The Labute approximate surface area is 223 Å². The predicted molar refractivity (Wildman–Crippen MR) is 146 cm³/mol. The van der Waals surface area contributed by atoms with Gasteiger partial charge < -0.3 is 23.9 Å². The number of benzene rings is 3. The number of carboxylic acid groups (broad SMARTS) is 1. The van der Waals surface area contributed by atoms with E-state index in [1.807, 2.05) is 48.0 Å². The number of hydrogen-bond acceptors (Lipinski definition) is 5. The van der Waals surface area contributed by atoms with Gasteiger partial charge >= 0.3 is 5.97 Å². The summed E-state index contributed by atoms with van der Waals surface area (Å²) in [5, 5.41) is 9.15. The Kier molecular flexibility index (Phi) is 9.42. The van der Waals surface area contributed by atoms with E-state index in [-0.39, 0.29) is 25.4 Å². The maximum atomic E-state index is 11.1. The molecule has 1 aromatic heterocycles. The summed E-state index contributed by atoms with van der Waals surface area (Å²) in [5.41, 5.74) is 4.98. The van der Waals surface area contributed by atoms with Crippen molar-refractivity contribution in [2.75, 3.05) is 7.11 Å². The molecule has 196 valence electrons. The first-order chi connectivity index (χ1) is 17.3. The summed E-state index contributed by atoms with van der Waals surface area (Å²) in [4.78, 5) is 15.8. The van der Waals surface area contributed by atoms with E-state index < -0.39 is 5.97 Å². The van der Waals surface area contributed by atoms with Crippen molar-refractivity contribution in [2.24, 2.45) is 7.05 Å². The average Bonchev–Trinajstić information content (AvgIpc) is 3.20. The minimum atomic E-state index is -0.843. The van der Waals surface area contributed by atoms with E-state index in [1.165, 1.54) is 5.56 Å². The van der Waals surface area contributed by atoms with Gasteiger partial charge in [-0.1, -0.05) is 44.2 Å². The number of ether oxygens (including phenoxy) is 3. The van der Waals surface area contributed by atoms with E-state index in [0.29, 0.717) is 30.4 Å². The van der Waals surface area contributed by atoms with Crippen molar-refractivity contribution in [1.82, 2.24) is 9.55 Å². The summed E-state index contributed by atoms with van der Waals surface area (Å²) >= 11 is 0. The maximum absolute atomic E-state index is 11.1. The highest BCUT2D eigenvalue weighted by atomic mass is 35.5. The second-order valence-corrected chi connectivity index (χ2v) is 9.08. The van der Waals surface area contributed by atoms with Gasteiger partial charge in [-0.3, -0.25) is 4.79 Å². The maximum Gasteiger partial charge on any atom is 0.303 e. The summed E-state index contributed by atoms with van der Waals surface area (Å²) < 4.78 is 19.5. The van der Waals surface area contributed by atoms with Crippen LogP contribution in [-0.2, 0) is 31.5 Å². The summed E-state index contributed by atoms with van der Waals surface area (Å²) in [6.45, 7) is 4.99. The van der Waals surface area contributed by atoms with Crippen LogP contribution in [-0.4, -0.2) is 27.7 Å². The fraction of sp³-hybridized carbons (Fsp3) is 0.310. The molecule has 1 N–H and O–H groups in total. The van der Waals surface area contributed by atoms with Gasteiger partial charge in [0.1, 0.15) is 36.3 Å². The van der Waals surface area contributed by atoms with Crippen LogP contribution in [0.2, 0.25) is 0 Å². The number of nitrogens with zero attached hydrogens (tertiary/aromatic N) is 2. The Hall–Kier alpha value is -3.71. The van der Waals surface area contributed by atoms with Gasteiger partial charge in [0.05, 0.1) is 18.1 Å². The Balaban J connectivity index is 0.00000380. The number of carbonyl (C=O) groups is 1. The lowest BCUT2D eigenvalue weighted by Gasteiger charge is -2.14. The van der Waals surface area contributed by atoms with Crippen LogP contribution in [0.3, 0.4) is 0 Å². The van der Waals surface area contributed by atoms with Crippen molar-refractivity contribution in [1.29, 1.82) is 0 Å². The van der Waals surface area contributed by atoms with Gasteiger partial charge in [0, 0.05) is 25.6 Å². The van der Waals surface area contributed by atoms with Crippen LogP contribution in [0, 0.1) is 0 Å². The van der Waals surface area contributed by atoms with Crippen LogP contribution in [0.5, 0.6) is 17.2 Å². The highest BCUT2D eigenvalue weighted by Gasteiger charge is 2.12. The van der Waals surface area contributed by atoms with E-state index >= 15 is 0 Å². The molecule has 0 unspecified atom stereocenters. The number of aromatic nitrogens is 2. The van der Waals surface area contributed by atoms with Gasteiger partial charge in [0.2, 0.25) is 0 Å². The summed E-state index contributed by atoms with van der Waals surface area (Å²) in [7, 11) is 3.59. The molecule has 0 bridgehead atoms. The normalized spacial score (nSPS) is 10.8. The molecule has 1 heterocycles. The molecule has 0 amide bonds. The van der Waals surface area contributed by atoms with E-state index in [4.69, 9.17) is 19.3 Å². The lowest BCUT2D eigenvalue weighted by molar-refractivity contribution is -0.136. The summed E-state index contributed by atoms with van der Waals surface area (Å²) in [5.74, 6) is 2.43. The van der Waals surface area contributed by atoms with Crippen LogP contribution in [0.15, 0.2) is 60.7 Å².